The predicted octanol–water partition coefficient (Wildman–Crippen LogP) is 0.330. The zero-order chi connectivity index (χ0) is 16.5. The second kappa shape index (κ2) is 7.00. The molecule has 2 atom stereocenters. The summed E-state index contributed by atoms with van der Waals surface area (Å²) in [5.41, 5.74) is 0. The summed E-state index contributed by atoms with van der Waals surface area (Å²) in [4.78, 5) is 28.6. The van der Waals surface area contributed by atoms with Gasteiger partial charge in [-0.3, -0.25) is 14.5 Å². The van der Waals surface area contributed by atoms with Crippen LogP contribution in [0.5, 0.6) is 0 Å². The van der Waals surface area contributed by atoms with Crippen molar-refractivity contribution in [3.8, 4) is 0 Å². The van der Waals surface area contributed by atoms with Gasteiger partial charge in [-0.15, -0.1) is 0 Å². The topological polar surface area (TPSA) is 64.7 Å². The number of amides is 2. The van der Waals surface area contributed by atoms with Gasteiger partial charge in [0.2, 0.25) is 11.8 Å². The third-order valence-corrected chi connectivity index (χ3v) is 6.07. The molecule has 6 nitrogen and oxygen atoms in total. The van der Waals surface area contributed by atoms with Gasteiger partial charge in [-0.25, -0.2) is 0 Å². The standard InChI is InChI=1S/C18H30N4O2/c23-17(20-14-1-2-14)12-21-5-7-22(8-6-21)18(24)11-13-9-15-3-4-16(10-13)19-15/h13-16,19H,1-12H2,(H,20,23). The molecule has 4 fully saturated rings. The minimum atomic E-state index is 0.141. The monoisotopic (exact) mass is 334 g/mol. The Morgan fingerprint density at radius 3 is 2.25 bits per heavy atom. The lowest BCUT2D eigenvalue weighted by molar-refractivity contribution is -0.134. The van der Waals surface area contributed by atoms with Crippen molar-refractivity contribution in [3.63, 3.8) is 0 Å². The fourth-order valence-corrected chi connectivity index (χ4v) is 4.58. The number of hydrogen-bond acceptors (Lipinski definition) is 4. The van der Waals surface area contributed by atoms with E-state index in [1.54, 1.807) is 0 Å². The molecule has 2 bridgehead atoms. The molecule has 1 aliphatic carbocycles. The molecule has 134 valence electrons. The van der Waals surface area contributed by atoms with E-state index >= 15 is 0 Å². The van der Waals surface area contributed by atoms with E-state index in [4.69, 9.17) is 0 Å². The van der Waals surface area contributed by atoms with Crippen LogP contribution >= 0.6 is 0 Å². The summed E-state index contributed by atoms with van der Waals surface area (Å²) < 4.78 is 0. The molecule has 2 unspecified atom stereocenters. The maximum atomic E-state index is 12.6. The van der Waals surface area contributed by atoms with Crippen LogP contribution in [0.25, 0.3) is 0 Å². The zero-order valence-electron chi connectivity index (χ0n) is 14.5. The van der Waals surface area contributed by atoms with E-state index in [0.29, 0.717) is 36.5 Å². The first-order valence-electron chi connectivity index (χ1n) is 9.71. The molecule has 0 radical (unpaired) electrons. The Hall–Kier alpha value is -1.14. The van der Waals surface area contributed by atoms with Gasteiger partial charge in [-0.1, -0.05) is 0 Å². The van der Waals surface area contributed by atoms with E-state index in [1.165, 1.54) is 25.7 Å². The van der Waals surface area contributed by atoms with E-state index in [2.05, 4.69) is 15.5 Å². The maximum absolute atomic E-state index is 12.6. The molecule has 0 aromatic heterocycles. The fraction of sp³-hybridized carbons (Fsp3) is 0.889. The summed E-state index contributed by atoms with van der Waals surface area (Å²) in [6, 6.07) is 1.74. The quantitative estimate of drug-likeness (QED) is 0.761. The van der Waals surface area contributed by atoms with Crippen molar-refractivity contribution < 1.29 is 9.59 Å². The number of rotatable bonds is 5. The first-order chi connectivity index (χ1) is 11.7. The van der Waals surface area contributed by atoms with Gasteiger partial charge in [0.05, 0.1) is 6.54 Å². The van der Waals surface area contributed by atoms with Crippen LogP contribution in [0.15, 0.2) is 0 Å². The van der Waals surface area contributed by atoms with Crippen LogP contribution in [-0.2, 0) is 9.59 Å². The van der Waals surface area contributed by atoms with Gasteiger partial charge < -0.3 is 15.5 Å². The van der Waals surface area contributed by atoms with Gasteiger partial charge >= 0.3 is 0 Å². The average molecular weight is 334 g/mol. The normalized spacial score (nSPS) is 33.5. The third-order valence-electron chi connectivity index (χ3n) is 6.07. The van der Waals surface area contributed by atoms with E-state index < -0.39 is 0 Å². The van der Waals surface area contributed by atoms with Crippen LogP contribution < -0.4 is 10.6 Å². The molecule has 6 heteroatoms. The highest BCUT2D eigenvalue weighted by Gasteiger charge is 2.35. The number of piperazine rings is 1. The fourth-order valence-electron chi connectivity index (χ4n) is 4.58. The lowest BCUT2D eigenvalue weighted by atomic mass is 9.89. The Balaban J connectivity index is 1.18. The van der Waals surface area contributed by atoms with Crippen molar-refractivity contribution in [1.29, 1.82) is 0 Å². The molecule has 3 aliphatic heterocycles. The SMILES string of the molecule is O=C(CN1CCN(C(=O)CC2CC3CCC(C2)N3)CC1)NC1CC1. The summed E-state index contributed by atoms with van der Waals surface area (Å²) in [5.74, 6) is 1.03. The van der Waals surface area contributed by atoms with E-state index in [1.807, 2.05) is 4.90 Å². The molecule has 1 saturated carbocycles. The van der Waals surface area contributed by atoms with Crippen molar-refractivity contribution in [2.24, 2.45) is 5.92 Å². The predicted molar refractivity (Wildman–Crippen MR) is 91.5 cm³/mol. The number of piperidine rings is 1. The summed E-state index contributed by atoms with van der Waals surface area (Å²) in [7, 11) is 0. The first kappa shape index (κ1) is 16.3. The summed E-state index contributed by atoms with van der Waals surface area (Å²) in [6.45, 7) is 3.67. The molecule has 24 heavy (non-hydrogen) atoms. The van der Waals surface area contributed by atoms with E-state index in [0.717, 1.165) is 45.4 Å². The Bertz CT molecular complexity index is 473. The highest BCUT2D eigenvalue weighted by Crippen LogP contribution is 2.33. The lowest BCUT2D eigenvalue weighted by Crippen LogP contribution is -2.51. The highest BCUT2D eigenvalue weighted by molar-refractivity contribution is 5.79. The number of hydrogen-bond donors (Lipinski definition) is 2. The largest absolute Gasteiger partial charge is 0.352 e. The molecule has 0 aromatic carbocycles. The van der Waals surface area contributed by atoms with Crippen LogP contribution in [0.1, 0.15) is 44.9 Å². The number of nitrogens with one attached hydrogen (secondary N) is 2. The van der Waals surface area contributed by atoms with Gasteiger partial charge in [0.25, 0.3) is 0 Å². The van der Waals surface area contributed by atoms with E-state index in [-0.39, 0.29) is 5.91 Å². The minimum Gasteiger partial charge on any atom is -0.352 e. The Morgan fingerprint density at radius 1 is 0.958 bits per heavy atom. The first-order valence-corrected chi connectivity index (χ1v) is 9.71. The zero-order valence-corrected chi connectivity index (χ0v) is 14.5. The van der Waals surface area contributed by atoms with Crippen molar-refractivity contribution in [1.82, 2.24) is 20.4 Å². The number of carbonyl (C=O) groups excluding carboxylic acids is 2. The Kier molecular flexibility index (Phi) is 4.77. The maximum Gasteiger partial charge on any atom is 0.234 e. The summed E-state index contributed by atoms with van der Waals surface area (Å²) in [6.07, 6.45) is 7.90. The minimum absolute atomic E-state index is 0.141. The second-order valence-electron chi connectivity index (χ2n) is 8.18. The van der Waals surface area contributed by atoms with Crippen molar-refractivity contribution in [2.75, 3.05) is 32.7 Å². The molecule has 3 heterocycles. The molecular weight excluding hydrogens is 304 g/mol. The van der Waals surface area contributed by atoms with Gasteiger partial charge in [0.1, 0.15) is 0 Å². The Morgan fingerprint density at radius 2 is 1.62 bits per heavy atom. The molecule has 0 spiro atoms. The molecule has 4 aliphatic rings. The van der Waals surface area contributed by atoms with E-state index in [9.17, 15) is 9.59 Å². The van der Waals surface area contributed by atoms with Gasteiger partial charge in [-0.2, -0.15) is 0 Å². The molecule has 3 saturated heterocycles. The number of nitrogens with zero attached hydrogens (tertiary/aromatic N) is 2. The van der Waals surface area contributed by atoms with Crippen LogP contribution in [-0.4, -0.2) is 72.5 Å². The molecule has 4 rings (SSSR count). The lowest BCUT2D eigenvalue weighted by Gasteiger charge is -2.36. The summed E-state index contributed by atoms with van der Waals surface area (Å²) >= 11 is 0. The number of fused-ring (bicyclic) bond motifs is 2. The highest BCUT2D eigenvalue weighted by atomic mass is 16.2. The van der Waals surface area contributed by atoms with Crippen LogP contribution in [0.2, 0.25) is 0 Å². The molecular formula is C18H30N4O2. The van der Waals surface area contributed by atoms with Crippen molar-refractivity contribution in [3.05, 3.63) is 0 Å². The molecule has 2 amide bonds. The Labute approximate surface area is 144 Å². The third kappa shape index (κ3) is 4.09. The van der Waals surface area contributed by atoms with Gasteiger partial charge in [0, 0.05) is 50.7 Å². The van der Waals surface area contributed by atoms with Gasteiger partial charge in [-0.05, 0) is 44.4 Å². The molecule has 0 aromatic rings. The second-order valence-corrected chi connectivity index (χ2v) is 8.18. The van der Waals surface area contributed by atoms with Crippen LogP contribution in [0, 0.1) is 5.92 Å². The number of carbonyl (C=O) groups is 2. The summed E-state index contributed by atoms with van der Waals surface area (Å²) in [5, 5.41) is 6.68. The van der Waals surface area contributed by atoms with Crippen LogP contribution in [0.3, 0.4) is 0 Å². The van der Waals surface area contributed by atoms with Crippen molar-refractivity contribution >= 4 is 11.8 Å². The smallest absolute Gasteiger partial charge is 0.234 e. The average Bonchev–Trinajstić information content (AvgIpc) is 3.30. The molecule has 2 N–H and O–H groups in total. The van der Waals surface area contributed by atoms with Crippen LogP contribution in [0.4, 0.5) is 0 Å². The van der Waals surface area contributed by atoms with Gasteiger partial charge in [0.15, 0.2) is 0 Å². The van der Waals surface area contributed by atoms with Crippen molar-refractivity contribution in [2.45, 2.75) is 63.1 Å².